The number of nitrogens with one attached hydrogen (secondary N) is 1. The minimum atomic E-state index is 0.349. The van der Waals surface area contributed by atoms with Gasteiger partial charge in [-0.25, -0.2) is 0 Å². The molecule has 0 saturated carbocycles. The van der Waals surface area contributed by atoms with Crippen LogP contribution in [-0.4, -0.2) is 17.5 Å². The predicted octanol–water partition coefficient (Wildman–Crippen LogP) is 3.85. The SMILES string of the molecule is CNC(CSC(C)(C)C)c1ccc(C)s1. The lowest BCUT2D eigenvalue weighted by atomic mass is 10.2. The zero-order valence-electron chi connectivity index (χ0n) is 10.3. The third-order valence-corrected chi connectivity index (χ3v) is 4.62. The van der Waals surface area contributed by atoms with Gasteiger partial charge in [0.1, 0.15) is 0 Å². The van der Waals surface area contributed by atoms with Crippen LogP contribution in [0.1, 0.15) is 36.6 Å². The minimum absolute atomic E-state index is 0.349. The van der Waals surface area contributed by atoms with Crippen molar-refractivity contribution in [3.63, 3.8) is 0 Å². The maximum absolute atomic E-state index is 3.39. The van der Waals surface area contributed by atoms with Crippen LogP contribution >= 0.6 is 23.1 Å². The molecule has 1 atom stereocenters. The molecule has 3 heteroatoms. The van der Waals surface area contributed by atoms with E-state index in [2.05, 4.69) is 45.1 Å². The Morgan fingerprint density at radius 1 is 1.40 bits per heavy atom. The van der Waals surface area contributed by atoms with Crippen LogP contribution in [0.25, 0.3) is 0 Å². The second kappa shape index (κ2) is 5.37. The van der Waals surface area contributed by atoms with Gasteiger partial charge in [0, 0.05) is 20.3 Å². The van der Waals surface area contributed by atoms with Gasteiger partial charge in [0.25, 0.3) is 0 Å². The molecule has 1 nitrogen and oxygen atoms in total. The smallest absolute Gasteiger partial charge is 0.0504 e. The summed E-state index contributed by atoms with van der Waals surface area (Å²) in [7, 11) is 2.04. The third-order valence-electron chi connectivity index (χ3n) is 2.14. The molecule has 0 spiro atoms. The molecular formula is C12H21NS2. The van der Waals surface area contributed by atoms with Gasteiger partial charge in [0.05, 0.1) is 6.04 Å². The monoisotopic (exact) mass is 243 g/mol. The first-order chi connectivity index (χ1) is 6.92. The summed E-state index contributed by atoms with van der Waals surface area (Å²) < 4.78 is 0.349. The highest BCUT2D eigenvalue weighted by molar-refractivity contribution is 8.00. The van der Waals surface area contributed by atoms with Crippen molar-refractivity contribution in [3.8, 4) is 0 Å². The van der Waals surface area contributed by atoms with Crippen LogP contribution in [0.5, 0.6) is 0 Å². The van der Waals surface area contributed by atoms with Crippen LogP contribution in [-0.2, 0) is 0 Å². The molecule has 0 aromatic carbocycles. The lowest BCUT2D eigenvalue weighted by molar-refractivity contribution is 0.667. The van der Waals surface area contributed by atoms with Crippen LogP contribution in [0.4, 0.5) is 0 Å². The van der Waals surface area contributed by atoms with Crippen LogP contribution in [0.3, 0.4) is 0 Å². The molecule has 1 N–H and O–H groups in total. The zero-order chi connectivity index (χ0) is 11.5. The number of thiophene rings is 1. The van der Waals surface area contributed by atoms with E-state index >= 15 is 0 Å². The molecule has 1 aromatic heterocycles. The Hall–Kier alpha value is 0.01000. The number of rotatable bonds is 4. The summed E-state index contributed by atoms with van der Waals surface area (Å²) in [5.41, 5.74) is 0. The molecule has 0 saturated heterocycles. The van der Waals surface area contributed by atoms with E-state index in [0.29, 0.717) is 10.8 Å². The van der Waals surface area contributed by atoms with E-state index in [1.54, 1.807) is 0 Å². The Bertz CT molecular complexity index is 299. The molecule has 1 unspecified atom stereocenters. The van der Waals surface area contributed by atoms with Gasteiger partial charge in [-0.3, -0.25) is 0 Å². The van der Waals surface area contributed by atoms with E-state index in [-0.39, 0.29) is 0 Å². The average molecular weight is 243 g/mol. The Morgan fingerprint density at radius 3 is 2.47 bits per heavy atom. The summed E-state index contributed by atoms with van der Waals surface area (Å²) in [5.74, 6) is 1.14. The summed E-state index contributed by atoms with van der Waals surface area (Å²) in [6.07, 6.45) is 0. The summed E-state index contributed by atoms with van der Waals surface area (Å²) >= 11 is 3.91. The van der Waals surface area contributed by atoms with Gasteiger partial charge in [-0.15, -0.1) is 11.3 Å². The summed E-state index contributed by atoms with van der Waals surface area (Å²) in [6, 6.07) is 4.93. The van der Waals surface area contributed by atoms with E-state index in [1.807, 2.05) is 30.1 Å². The molecule has 0 radical (unpaired) electrons. The molecule has 15 heavy (non-hydrogen) atoms. The quantitative estimate of drug-likeness (QED) is 0.862. The number of aryl methyl sites for hydroxylation is 1. The first-order valence-electron chi connectivity index (χ1n) is 5.30. The lowest BCUT2D eigenvalue weighted by Crippen LogP contribution is -2.20. The molecular weight excluding hydrogens is 222 g/mol. The summed E-state index contributed by atoms with van der Waals surface area (Å²) in [4.78, 5) is 2.85. The normalized spacial score (nSPS) is 14.2. The molecule has 1 aromatic rings. The Morgan fingerprint density at radius 2 is 2.07 bits per heavy atom. The van der Waals surface area contributed by atoms with Crippen LogP contribution < -0.4 is 5.32 Å². The molecule has 0 aliphatic heterocycles. The van der Waals surface area contributed by atoms with Crippen molar-refractivity contribution in [1.29, 1.82) is 0 Å². The molecule has 0 bridgehead atoms. The van der Waals surface area contributed by atoms with Gasteiger partial charge in [-0.1, -0.05) is 20.8 Å². The van der Waals surface area contributed by atoms with Gasteiger partial charge in [0.15, 0.2) is 0 Å². The van der Waals surface area contributed by atoms with Gasteiger partial charge < -0.3 is 5.32 Å². The molecule has 86 valence electrons. The number of thioether (sulfide) groups is 1. The molecule has 1 heterocycles. The number of hydrogen-bond acceptors (Lipinski definition) is 3. The molecule has 0 amide bonds. The lowest BCUT2D eigenvalue weighted by Gasteiger charge is -2.22. The Balaban J connectivity index is 2.57. The fourth-order valence-electron chi connectivity index (χ4n) is 1.28. The van der Waals surface area contributed by atoms with E-state index in [4.69, 9.17) is 0 Å². The van der Waals surface area contributed by atoms with Gasteiger partial charge in [0.2, 0.25) is 0 Å². The van der Waals surface area contributed by atoms with Crippen molar-refractivity contribution in [1.82, 2.24) is 5.32 Å². The first kappa shape index (κ1) is 13.1. The maximum Gasteiger partial charge on any atom is 0.0504 e. The van der Waals surface area contributed by atoms with E-state index in [0.717, 1.165) is 5.75 Å². The van der Waals surface area contributed by atoms with Crippen molar-refractivity contribution >= 4 is 23.1 Å². The molecule has 1 rings (SSSR count). The second-order valence-corrected chi connectivity index (χ2v) is 7.88. The Kier molecular flexibility index (Phi) is 4.68. The summed E-state index contributed by atoms with van der Waals surface area (Å²) in [6.45, 7) is 8.97. The van der Waals surface area contributed by atoms with Gasteiger partial charge >= 0.3 is 0 Å². The van der Waals surface area contributed by atoms with E-state index in [9.17, 15) is 0 Å². The molecule has 0 fully saturated rings. The summed E-state index contributed by atoms with van der Waals surface area (Å²) in [5, 5.41) is 3.39. The van der Waals surface area contributed by atoms with Gasteiger partial charge in [-0.05, 0) is 26.1 Å². The molecule has 0 aliphatic carbocycles. The van der Waals surface area contributed by atoms with E-state index < -0.39 is 0 Å². The van der Waals surface area contributed by atoms with Crippen molar-refractivity contribution in [2.75, 3.05) is 12.8 Å². The van der Waals surface area contributed by atoms with Crippen molar-refractivity contribution in [3.05, 3.63) is 21.9 Å². The Labute approximate surface area is 102 Å². The van der Waals surface area contributed by atoms with Crippen LogP contribution in [0, 0.1) is 6.92 Å². The van der Waals surface area contributed by atoms with Crippen molar-refractivity contribution < 1.29 is 0 Å². The van der Waals surface area contributed by atoms with E-state index in [1.165, 1.54) is 9.75 Å². The topological polar surface area (TPSA) is 12.0 Å². The minimum Gasteiger partial charge on any atom is -0.312 e. The van der Waals surface area contributed by atoms with Gasteiger partial charge in [-0.2, -0.15) is 11.8 Å². The maximum atomic E-state index is 3.39. The highest BCUT2D eigenvalue weighted by atomic mass is 32.2. The number of hydrogen-bond donors (Lipinski definition) is 1. The van der Waals surface area contributed by atoms with Crippen molar-refractivity contribution in [2.24, 2.45) is 0 Å². The fourth-order valence-corrected chi connectivity index (χ4v) is 3.39. The highest BCUT2D eigenvalue weighted by Gasteiger charge is 2.16. The predicted molar refractivity (Wildman–Crippen MR) is 73.1 cm³/mol. The first-order valence-corrected chi connectivity index (χ1v) is 7.10. The average Bonchev–Trinajstić information content (AvgIpc) is 2.51. The fraction of sp³-hybridized carbons (Fsp3) is 0.667. The third kappa shape index (κ3) is 4.58. The zero-order valence-corrected chi connectivity index (χ0v) is 11.9. The van der Waals surface area contributed by atoms with Crippen LogP contribution in [0.2, 0.25) is 0 Å². The standard InChI is InChI=1S/C12H21NS2/c1-9-6-7-11(15-9)10(13-5)8-14-12(2,3)4/h6-7,10,13H,8H2,1-5H3. The largest absolute Gasteiger partial charge is 0.312 e. The van der Waals surface area contributed by atoms with Crippen molar-refractivity contribution in [2.45, 2.75) is 38.5 Å². The molecule has 0 aliphatic rings. The highest BCUT2D eigenvalue weighted by Crippen LogP contribution is 2.30. The second-order valence-electron chi connectivity index (χ2n) is 4.71. The van der Waals surface area contributed by atoms with Crippen LogP contribution in [0.15, 0.2) is 12.1 Å².